The first kappa shape index (κ1) is 27.1. The molecule has 1 N–H and O–H groups in total. The van der Waals surface area contributed by atoms with E-state index in [-0.39, 0.29) is 11.3 Å². The van der Waals surface area contributed by atoms with E-state index in [4.69, 9.17) is 11.6 Å². The molecule has 4 aromatic rings. The summed E-state index contributed by atoms with van der Waals surface area (Å²) in [5.41, 5.74) is 4.37. The van der Waals surface area contributed by atoms with Crippen molar-refractivity contribution in [3.63, 3.8) is 0 Å². The van der Waals surface area contributed by atoms with Gasteiger partial charge < -0.3 is 5.32 Å². The quantitative estimate of drug-likeness (QED) is 0.246. The van der Waals surface area contributed by atoms with E-state index in [1.54, 1.807) is 19.3 Å². The van der Waals surface area contributed by atoms with Gasteiger partial charge in [0.05, 0.1) is 11.4 Å². The van der Waals surface area contributed by atoms with Crippen molar-refractivity contribution >= 4 is 40.5 Å². The number of amides is 2. The van der Waals surface area contributed by atoms with Gasteiger partial charge in [-0.1, -0.05) is 48.0 Å². The van der Waals surface area contributed by atoms with Gasteiger partial charge in [-0.05, 0) is 72.5 Å². The Morgan fingerprint density at radius 2 is 1.77 bits per heavy atom. The van der Waals surface area contributed by atoms with E-state index < -0.39 is 23.7 Å². The van der Waals surface area contributed by atoms with Crippen LogP contribution in [0.1, 0.15) is 30.5 Å². The zero-order valence-electron chi connectivity index (χ0n) is 21.7. The highest BCUT2D eigenvalue weighted by Gasteiger charge is 2.40. The number of pyridine rings is 1. The molecule has 202 valence electrons. The molecule has 0 saturated heterocycles. The second-order valence-electron chi connectivity index (χ2n) is 9.72. The Morgan fingerprint density at radius 3 is 2.48 bits per heavy atom. The molecular formula is C31H25ClF2N4O2. The molecule has 2 amide bonds. The molecule has 0 aliphatic carbocycles. The number of nitrogens with zero attached hydrogens (tertiary/aromatic N) is 3. The van der Waals surface area contributed by atoms with Gasteiger partial charge in [-0.15, -0.1) is 0 Å². The van der Waals surface area contributed by atoms with Crippen molar-refractivity contribution in [3.8, 4) is 11.1 Å². The van der Waals surface area contributed by atoms with E-state index in [0.717, 1.165) is 29.2 Å². The van der Waals surface area contributed by atoms with E-state index in [2.05, 4.69) is 15.4 Å². The number of benzene rings is 3. The summed E-state index contributed by atoms with van der Waals surface area (Å²) < 4.78 is 27.6. The first-order valence-corrected chi connectivity index (χ1v) is 12.9. The predicted octanol–water partition coefficient (Wildman–Crippen LogP) is 7.08. The number of carbonyl (C=O) groups excluding carboxylic acids is 2. The van der Waals surface area contributed by atoms with Crippen LogP contribution in [0.3, 0.4) is 0 Å². The number of nitrogens with one attached hydrogen (secondary N) is 1. The number of carbonyl (C=O) groups is 2. The van der Waals surface area contributed by atoms with E-state index in [0.29, 0.717) is 22.8 Å². The van der Waals surface area contributed by atoms with Crippen LogP contribution in [-0.2, 0) is 21.9 Å². The van der Waals surface area contributed by atoms with Gasteiger partial charge in [0.25, 0.3) is 11.8 Å². The summed E-state index contributed by atoms with van der Waals surface area (Å²) in [5.74, 6) is -5.45. The van der Waals surface area contributed by atoms with Gasteiger partial charge in [0.2, 0.25) is 5.91 Å². The number of hydrazone groups is 1. The molecule has 0 bridgehead atoms. The highest BCUT2D eigenvalue weighted by molar-refractivity contribution is 6.30. The molecule has 0 fully saturated rings. The third kappa shape index (κ3) is 5.92. The maximum absolute atomic E-state index is 13.8. The van der Waals surface area contributed by atoms with Gasteiger partial charge in [0.1, 0.15) is 0 Å². The molecule has 3 aromatic carbocycles. The molecule has 0 radical (unpaired) electrons. The minimum absolute atomic E-state index is 0.173. The van der Waals surface area contributed by atoms with Crippen molar-refractivity contribution in [3.05, 3.63) is 113 Å². The van der Waals surface area contributed by atoms with Gasteiger partial charge in [-0.2, -0.15) is 10.1 Å². The van der Waals surface area contributed by atoms with Crippen molar-refractivity contribution in [2.75, 3.05) is 10.3 Å². The lowest BCUT2D eigenvalue weighted by molar-refractivity contribution is -0.127. The van der Waals surface area contributed by atoms with Gasteiger partial charge in [-0.25, -0.2) is 8.78 Å². The van der Waals surface area contributed by atoms with Gasteiger partial charge in [-0.3, -0.25) is 14.6 Å². The van der Waals surface area contributed by atoms with Crippen LogP contribution >= 0.6 is 11.6 Å². The molecule has 2 heterocycles. The number of hydrogen-bond donors (Lipinski definition) is 1. The second kappa shape index (κ2) is 11.0. The molecule has 1 aromatic heterocycles. The van der Waals surface area contributed by atoms with Gasteiger partial charge >= 0.3 is 0 Å². The van der Waals surface area contributed by atoms with Gasteiger partial charge in [0, 0.05) is 41.2 Å². The topological polar surface area (TPSA) is 74.7 Å². The van der Waals surface area contributed by atoms with Crippen LogP contribution in [0.4, 0.5) is 20.2 Å². The summed E-state index contributed by atoms with van der Waals surface area (Å²) in [6.07, 6.45) is 3.99. The largest absolute Gasteiger partial charge is 0.325 e. The van der Waals surface area contributed by atoms with Crippen LogP contribution in [0.2, 0.25) is 5.02 Å². The molecule has 6 nitrogen and oxygen atoms in total. The minimum Gasteiger partial charge on any atom is -0.325 e. The number of aromatic nitrogens is 1. The highest BCUT2D eigenvalue weighted by atomic mass is 35.5. The van der Waals surface area contributed by atoms with Gasteiger partial charge in [0.15, 0.2) is 5.92 Å². The summed E-state index contributed by atoms with van der Waals surface area (Å²) >= 11 is 6.05. The van der Waals surface area contributed by atoms with Crippen molar-refractivity contribution in [2.45, 2.75) is 26.2 Å². The number of halogens is 3. The average molecular weight is 559 g/mol. The number of hydrogen-bond acceptors (Lipinski definition) is 4. The average Bonchev–Trinajstić information content (AvgIpc) is 3.23. The molecular weight excluding hydrogens is 534 g/mol. The fraction of sp³-hybridized carbons (Fsp3) is 0.161. The molecule has 1 aliphatic heterocycles. The standard InChI is InChI=1S/C31H25ClF2N4O2/c1-19-28(29(39)36-26-7-3-6-24(17-26)31(2,33)34)30(40)38(37-19)27-15-21(13-20-8-10-25(32)11-9-20)14-23(16-27)22-5-4-12-35-18-22/h3-12,14-18,28H,13H2,1-2H3,(H,36,39). The molecule has 0 spiro atoms. The molecule has 40 heavy (non-hydrogen) atoms. The van der Waals surface area contributed by atoms with E-state index >= 15 is 0 Å². The Hall–Kier alpha value is -4.43. The maximum Gasteiger partial charge on any atom is 0.270 e. The monoisotopic (exact) mass is 558 g/mol. The molecule has 1 unspecified atom stereocenters. The lowest BCUT2D eigenvalue weighted by Gasteiger charge is -2.18. The number of rotatable bonds is 7. The highest BCUT2D eigenvalue weighted by Crippen LogP contribution is 2.32. The van der Waals surface area contributed by atoms with Crippen molar-refractivity contribution in [1.82, 2.24) is 4.98 Å². The molecule has 1 atom stereocenters. The first-order chi connectivity index (χ1) is 19.1. The molecule has 9 heteroatoms. The normalized spacial score (nSPS) is 15.2. The number of alkyl halides is 2. The van der Waals surface area contributed by atoms with E-state index in [1.807, 2.05) is 54.6 Å². The van der Waals surface area contributed by atoms with Crippen molar-refractivity contribution < 1.29 is 18.4 Å². The Bertz CT molecular complexity index is 1600. The second-order valence-corrected chi connectivity index (χ2v) is 10.2. The van der Waals surface area contributed by atoms with Crippen molar-refractivity contribution in [2.24, 2.45) is 11.0 Å². The summed E-state index contributed by atoms with van der Waals surface area (Å²) in [4.78, 5) is 30.9. The van der Waals surface area contributed by atoms with Crippen LogP contribution in [0, 0.1) is 5.92 Å². The Morgan fingerprint density at radius 1 is 1.00 bits per heavy atom. The Balaban J connectivity index is 1.44. The zero-order chi connectivity index (χ0) is 28.4. The molecule has 0 saturated carbocycles. The van der Waals surface area contributed by atoms with E-state index in [9.17, 15) is 18.4 Å². The SMILES string of the molecule is CC1=NN(c2cc(Cc3ccc(Cl)cc3)cc(-c3cccnc3)c2)C(=O)C1C(=O)Nc1cccc(C(C)(F)F)c1. The van der Waals surface area contributed by atoms with E-state index in [1.165, 1.54) is 29.3 Å². The lowest BCUT2D eigenvalue weighted by Crippen LogP contribution is -2.36. The molecule has 5 rings (SSSR count). The predicted molar refractivity (Wildman–Crippen MR) is 153 cm³/mol. The van der Waals surface area contributed by atoms with Crippen LogP contribution in [0.15, 0.2) is 96.4 Å². The minimum atomic E-state index is -3.07. The summed E-state index contributed by atoms with van der Waals surface area (Å²) in [7, 11) is 0. The van der Waals surface area contributed by atoms with Crippen LogP contribution < -0.4 is 10.3 Å². The van der Waals surface area contributed by atoms with Crippen LogP contribution in [0.25, 0.3) is 11.1 Å². The zero-order valence-corrected chi connectivity index (χ0v) is 22.5. The first-order valence-electron chi connectivity index (χ1n) is 12.6. The third-order valence-corrected chi connectivity index (χ3v) is 6.82. The third-order valence-electron chi connectivity index (χ3n) is 6.57. The smallest absolute Gasteiger partial charge is 0.270 e. The fourth-order valence-corrected chi connectivity index (χ4v) is 4.70. The molecule has 1 aliphatic rings. The van der Waals surface area contributed by atoms with Crippen molar-refractivity contribution in [1.29, 1.82) is 0 Å². The fourth-order valence-electron chi connectivity index (χ4n) is 4.57. The maximum atomic E-state index is 13.8. The lowest BCUT2D eigenvalue weighted by atomic mass is 9.98. The Kier molecular flexibility index (Phi) is 7.45. The van der Waals surface area contributed by atoms with Crippen LogP contribution in [-0.4, -0.2) is 22.5 Å². The summed E-state index contributed by atoms with van der Waals surface area (Å²) in [6, 6.07) is 22.4. The van der Waals surface area contributed by atoms with Crippen LogP contribution in [0.5, 0.6) is 0 Å². The number of anilines is 2. The summed E-state index contributed by atoms with van der Waals surface area (Å²) in [5, 5.41) is 8.88. The Labute approximate surface area is 235 Å². The summed E-state index contributed by atoms with van der Waals surface area (Å²) in [6.45, 7) is 2.38.